The maximum Gasteiger partial charge on any atom is 0.0513 e. The van der Waals surface area contributed by atoms with Gasteiger partial charge in [-0.15, -0.1) is 11.8 Å². The van der Waals surface area contributed by atoms with E-state index in [1.54, 1.807) is 0 Å². The highest BCUT2D eigenvalue weighted by Crippen LogP contribution is 2.58. The van der Waals surface area contributed by atoms with Crippen molar-refractivity contribution in [2.24, 2.45) is 0 Å². The van der Waals surface area contributed by atoms with Gasteiger partial charge < -0.3 is 0 Å². The number of rotatable bonds is 3. The van der Waals surface area contributed by atoms with Crippen LogP contribution < -0.4 is 15.9 Å². The maximum atomic E-state index is 2.48. The van der Waals surface area contributed by atoms with Crippen LogP contribution in [-0.4, -0.2) is 0 Å². The lowest BCUT2D eigenvalue weighted by molar-refractivity contribution is 0.620. The van der Waals surface area contributed by atoms with Crippen molar-refractivity contribution in [1.29, 1.82) is 0 Å². The molecule has 49 heavy (non-hydrogen) atoms. The van der Waals surface area contributed by atoms with Gasteiger partial charge in [-0.2, -0.15) is 0 Å². The average Bonchev–Trinajstić information content (AvgIpc) is 3.45. The summed E-state index contributed by atoms with van der Waals surface area (Å²) in [5, 5.41) is 9.55. The van der Waals surface area contributed by atoms with E-state index in [0.29, 0.717) is 0 Å². The molecule has 1 unspecified atom stereocenters. The standard InChI is InChI=1S/C47H33PS/c1-5-20-36-32(14-1)18-11-26-42(36)48(43-27-12-19-33-15-2-6-21-37(33)43)44-28-13-23-39-38-22-7-9-25-41(38)47(46(39)44)30-34-16-4-10-29-45(34)49-31-35-17-3-8-24-40(35)47/h1-29H,30-31H2. The van der Waals surface area contributed by atoms with Gasteiger partial charge in [-0.25, -0.2) is 0 Å². The number of hydrogen-bond acceptors (Lipinski definition) is 1. The summed E-state index contributed by atoms with van der Waals surface area (Å²) in [5.41, 5.74) is 9.62. The molecular formula is C47H33PS. The Hall–Kier alpha value is -4.94. The third-order valence-corrected chi connectivity index (χ3v) is 14.5. The molecule has 1 spiro atoms. The second-order valence-electron chi connectivity index (χ2n) is 13.2. The van der Waals surface area contributed by atoms with Gasteiger partial charge in [0.05, 0.1) is 5.41 Å². The lowest BCUT2D eigenvalue weighted by atomic mass is 9.67. The Morgan fingerprint density at radius 2 is 0.959 bits per heavy atom. The first-order chi connectivity index (χ1) is 24.3. The second-order valence-corrected chi connectivity index (χ2v) is 16.3. The number of thioether (sulfide) groups is 1. The quantitative estimate of drug-likeness (QED) is 0.170. The summed E-state index contributed by atoms with van der Waals surface area (Å²) in [6.45, 7) is 0. The molecule has 8 aromatic rings. The van der Waals surface area contributed by atoms with Gasteiger partial charge in [0, 0.05) is 10.6 Å². The van der Waals surface area contributed by atoms with Crippen LogP contribution in [0.3, 0.4) is 0 Å². The monoisotopic (exact) mass is 660 g/mol. The molecule has 0 saturated heterocycles. The zero-order valence-corrected chi connectivity index (χ0v) is 28.7. The van der Waals surface area contributed by atoms with Crippen molar-refractivity contribution >= 4 is 57.1 Å². The van der Waals surface area contributed by atoms with Crippen molar-refractivity contribution in [2.45, 2.75) is 22.5 Å². The fraction of sp³-hybridized carbons (Fsp3) is 0.0638. The Kier molecular flexibility index (Phi) is 6.87. The Bertz CT molecular complexity index is 2480. The summed E-state index contributed by atoms with van der Waals surface area (Å²) in [5.74, 6) is 0.954. The number of hydrogen-bond donors (Lipinski definition) is 0. The van der Waals surface area contributed by atoms with Crippen LogP contribution in [0.15, 0.2) is 181 Å². The van der Waals surface area contributed by atoms with Gasteiger partial charge >= 0.3 is 0 Å². The fourth-order valence-electron chi connectivity index (χ4n) is 8.67. The normalized spacial score (nSPS) is 16.2. The molecule has 1 atom stereocenters. The lowest BCUT2D eigenvalue weighted by Crippen LogP contribution is -2.37. The third-order valence-electron chi connectivity index (χ3n) is 10.7. The highest BCUT2D eigenvalue weighted by Gasteiger charge is 2.49. The smallest absolute Gasteiger partial charge is 0.0513 e. The van der Waals surface area contributed by atoms with Crippen LogP contribution in [0.4, 0.5) is 0 Å². The van der Waals surface area contributed by atoms with Crippen molar-refractivity contribution < 1.29 is 0 Å². The predicted octanol–water partition coefficient (Wildman–Crippen LogP) is 10.9. The first-order valence-electron chi connectivity index (χ1n) is 17.1. The van der Waals surface area contributed by atoms with Gasteiger partial charge in [0.1, 0.15) is 0 Å². The average molecular weight is 661 g/mol. The van der Waals surface area contributed by atoms with Crippen LogP contribution in [0.25, 0.3) is 32.7 Å². The van der Waals surface area contributed by atoms with E-state index < -0.39 is 7.92 Å². The van der Waals surface area contributed by atoms with Gasteiger partial charge in [0.2, 0.25) is 0 Å². The summed E-state index contributed by atoms with van der Waals surface area (Å²) in [4.78, 5) is 1.39. The molecule has 8 aromatic carbocycles. The van der Waals surface area contributed by atoms with Crippen LogP contribution in [-0.2, 0) is 17.6 Å². The van der Waals surface area contributed by atoms with Crippen molar-refractivity contribution in [3.8, 4) is 11.1 Å². The molecule has 0 saturated carbocycles. The molecule has 1 heterocycles. The van der Waals surface area contributed by atoms with Crippen molar-refractivity contribution in [3.63, 3.8) is 0 Å². The summed E-state index contributed by atoms with van der Waals surface area (Å²) in [6.07, 6.45) is 0.919. The van der Waals surface area contributed by atoms with Crippen LogP contribution in [0, 0.1) is 0 Å². The summed E-state index contributed by atoms with van der Waals surface area (Å²) < 4.78 is 0. The molecule has 1 aliphatic heterocycles. The number of benzene rings is 8. The summed E-state index contributed by atoms with van der Waals surface area (Å²) >= 11 is 1.98. The first-order valence-corrected chi connectivity index (χ1v) is 19.4. The SMILES string of the molecule is c1ccc2c(c1)CC1(c3ccccc3CS2)c2ccccc2-c2cccc(P(c3cccc4ccccc34)c3cccc4ccccc34)c21. The summed E-state index contributed by atoms with van der Waals surface area (Å²) in [7, 11) is -0.979. The van der Waals surface area contributed by atoms with Crippen LogP contribution in [0.1, 0.15) is 27.8 Å². The molecule has 0 N–H and O–H groups in total. The topological polar surface area (TPSA) is 0 Å². The highest BCUT2D eigenvalue weighted by atomic mass is 32.2. The Morgan fingerprint density at radius 3 is 1.71 bits per heavy atom. The van der Waals surface area contributed by atoms with E-state index in [1.807, 2.05) is 11.8 Å². The zero-order valence-electron chi connectivity index (χ0n) is 27.0. The van der Waals surface area contributed by atoms with E-state index >= 15 is 0 Å². The van der Waals surface area contributed by atoms with Gasteiger partial charge in [-0.1, -0.05) is 170 Å². The fourth-order valence-corrected chi connectivity index (χ4v) is 12.6. The molecule has 0 amide bonds. The van der Waals surface area contributed by atoms with Gasteiger partial charge in [0.15, 0.2) is 0 Å². The van der Waals surface area contributed by atoms with Crippen LogP contribution >= 0.6 is 19.7 Å². The van der Waals surface area contributed by atoms with Gasteiger partial charge in [0.25, 0.3) is 0 Å². The molecule has 232 valence electrons. The molecule has 0 aromatic heterocycles. The molecule has 0 bridgehead atoms. The molecule has 2 heteroatoms. The first kappa shape index (κ1) is 29.0. The molecule has 0 radical (unpaired) electrons. The van der Waals surface area contributed by atoms with E-state index in [-0.39, 0.29) is 5.41 Å². The molecule has 10 rings (SSSR count). The molecule has 2 aliphatic rings. The number of fused-ring (bicyclic) bond motifs is 10. The van der Waals surface area contributed by atoms with Crippen molar-refractivity contribution in [1.82, 2.24) is 0 Å². The van der Waals surface area contributed by atoms with Gasteiger partial charge in [-0.3, -0.25) is 0 Å². The van der Waals surface area contributed by atoms with E-state index in [1.165, 1.54) is 81.3 Å². The lowest BCUT2D eigenvalue weighted by Gasteiger charge is -2.39. The largest absolute Gasteiger partial charge is 0.121 e. The van der Waals surface area contributed by atoms with Crippen LogP contribution in [0.5, 0.6) is 0 Å². The second kappa shape index (κ2) is 11.6. The Morgan fingerprint density at radius 1 is 0.429 bits per heavy atom. The van der Waals surface area contributed by atoms with Crippen LogP contribution in [0.2, 0.25) is 0 Å². The van der Waals surface area contributed by atoms with E-state index in [0.717, 1.165) is 12.2 Å². The minimum absolute atomic E-state index is 0.341. The Labute approximate surface area is 293 Å². The Balaban J connectivity index is 1.37. The minimum atomic E-state index is -0.979. The zero-order chi connectivity index (χ0) is 32.4. The molecule has 1 aliphatic carbocycles. The van der Waals surface area contributed by atoms with E-state index in [2.05, 4.69) is 176 Å². The minimum Gasteiger partial charge on any atom is -0.121 e. The maximum absolute atomic E-state index is 2.48. The molecule has 0 fully saturated rings. The molecule has 0 nitrogen and oxygen atoms in total. The van der Waals surface area contributed by atoms with Crippen molar-refractivity contribution in [2.75, 3.05) is 0 Å². The van der Waals surface area contributed by atoms with E-state index in [9.17, 15) is 0 Å². The summed E-state index contributed by atoms with van der Waals surface area (Å²) in [6, 6.07) is 66.7. The highest BCUT2D eigenvalue weighted by molar-refractivity contribution is 7.98. The third kappa shape index (κ3) is 4.43. The van der Waals surface area contributed by atoms with Crippen molar-refractivity contribution in [3.05, 3.63) is 204 Å². The van der Waals surface area contributed by atoms with Gasteiger partial charge in [-0.05, 0) is 96.8 Å². The predicted molar refractivity (Wildman–Crippen MR) is 212 cm³/mol. The van der Waals surface area contributed by atoms with E-state index in [4.69, 9.17) is 0 Å². The molecular weight excluding hydrogens is 628 g/mol.